The van der Waals surface area contributed by atoms with Gasteiger partial charge in [0, 0.05) is 6.54 Å². The molecule has 0 saturated heterocycles. The third kappa shape index (κ3) is 3.33. The number of aromatic nitrogens is 5. The summed E-state index contributed by atoms with van der Waals surface area (Å²) < 4.78 is 11.7. The number of rotatable bonds is 6. The molecule has 0 fully saturated rings. The summed E-state index contributed by atoms with van der Waals surface area (Å²) in [4.78, 5) is 17.0. The van der Waals surface area contributed by atoms with Crippen molar-refractivity contribution in [1.29, 1.82) is 0 Å². The van der Waals surface area contributed by atoms with Gasteiger partial charge < -0.3 is 14.3 Å². The van der Waals surface area contributed by atoms with Crippen LogP contribution in [0, 0.1) is 0 Å². The monoisotopic (exact) mass is 356 g/mol. The first kappa shape index (κ1) is 15.3. The normalized spacial score (nSPS) is 10.9. The average Bonchev–Trinajstić information content (AvgIpc) is 3.42. The number of nitrogens with one attached hydrogen (secondary N) is 1. The first-order valence-electron chi connectivity index (χ1n) is 7.38. The predicted molar refractivity (Wildman–Crippen MR) is 87.7 cm³/mol. The summed E-state index contributed by atoms with van der Waals surface area (Å²) in [6.07, 6.45) is 4.53. The fourth-order valence-corrected chi connectivity index (χ4v) is 2.77. The molecule has 10 heteroatoms. The van der Waals surface area contributed by atoms with Crippen molar-refractivity contribution < 1.29 is 13.7 Å². The molecule has 9 nitrogen and oxygen atoms in total. The van der Waals surface area contributed by atoms with Gasteiger partial charge in [0.25, 0.3) is 11.8 Å². The van der Waals surface area contributed by atoms with Crippen molar-refractivity contribution in [2.75, 3.05) is 6.54 Å². The maximum Gasteiger partial charge on any atom is 0.280 e. The van der Waals surface area contributed by atoms with Gasteiger partial charge in [0.2, 0.25) is 5.82 Å². The lowest BCUT2D eigenvalue weighted by Crippen LogP contribution is -2.27. The highest BCUT2D eigenvalue weighted by molar-refractivity contribution is 7.13. The maximum absolute atomic E-state index is 11.8. The SMILES string of the molecule is O=C(NCCn1cc(-c2nc(-c3cccs3)no2)nn1)c1ccoc1. The van der Waals surface area contributed by atoms with Gasteiger partial charge in [-0.05, 0) is 17.5 Å². The second kappa shape index (κ2) is 6.69. The minimum absolute atomic E-state index is 0.202. The Morgan fingerprint density at radius 1 is 1.36 bits per heavy atom. The first-order valence-corrected chi connectivity index (χ1v) is 8.26. The highest BCUT2D eigenvalue weighted by Crippen LogP contribution is 2.24. The van der Waals surface area contributed by atoms with E-state index in [1.807, 2.05) is 17.5 Å². The van der Waals surface area contributed by atoms with E-state index in [1.54, 1.807) is 16.9 Å². The molecule has 0 radical (unpaired) electrons. The second-order valence-corrected chi connectivity index (χ2v) is 5.98. The number of carbonyl (C=O) groups excluding carboxylic acids is 1. The Morgan fingerprint density at radius 3 is 3.12 bits per heavy atom. The van der Waals surface area contributed by atoms with Crippen molar-refractivity contribution in [3.8, 4) is 22.3 Å². The molecule has 0 atom stereocenters. The van der Waals surface area contributed by atoms with Crippen molar-refractivity contribution in [3.63, 3.8) is 0 Å². The van der Waals surface area contributed by atoms with Crippen LogP contribution in [0.2, 0.25) is 0 Å². The number of thiophene rings is 1. The molecule has 0 spiro atoms. The summed E-state index contributed by atoms with van der Waals surface area (Å²) >= 11 is 1.53. The van der Waals surface area contributed by atoms with Crippen LogP contribution in [0.15, 0.2) is 51.2 Å². The lowest BCUT2D eigenvalue weighted by molar-refractivity contribution is 0.0951. The Hall–Kier alpha value is -3.27. The van der Waals surface area contributed by atoms with Crippen molar-refractivity contribution >= 4 is 17.2 Å². The van der Waals surface area contributed by atoms with Gasteiger partial charge >= 0.3 is 0 Å². The summed E-state index contributed by atoms with van der Waals surface area (Å²) in [6.45, 7) is 0.861. The van der Waals surface area contributed by atoms with Crippen LogP contribution in [0.4, 0.5) is 0 Å². The van der Waals surface area contributed by atoms with E-state index >= 15 is 0 Å². The van der Waals surface area contributed by atoms with Crippen LogP contribution in [0.3, 0.4) is 0 Å². The standard InChI is InChI=1S/C15H12N6O3S/c22-14(10-3-6-23-9-10)16-4-5-21-8-11(18-20-21)15-17-13(19-24-15)12-2-1-7-25-12/h1-3,6-9H,4-5H2,(H,16,22). The van der Waals surface area contributed by atoms with Gasteiger partial charge in [0.1, 0.15) is 6.26 Å². The zero-order valence-electron chi connectivity index (χ0n) is 12.8. The van der Waals surface area contributed by atoms with Crippen LogP contribution in [0.5, 0.6) is 0 Å². The second-order valence-electron chi connectivity index (χ2n) is 5.04. The molecule has 0 aliphatic carbocycles. The topological polar surface area (TPSA) is 112 Å². The van der Waals surface area contributed by atoms with E-state index in [9.17, 15) is 4.79 Å². The quantitative estimate of drug-likeness (QED) is 0.563. The van der Waals surface area contributed by atoms with Crippen molar-refractivity contribution in [1.82, 2.24) is 30.5 Å². The predicted octanol–water partition coefficient (Wildman–Crippen LogP) is 2.08. The minimum atomic E-state index is -0.202. The first-order chi connectivity index (χ1) is 12.3. The fraction of sp³-hybridized carbons (Fsp3) is 0.133. The highest BCUT2D eigenvalue weighted by atomic mass is 32.1. The van der Waals surface area contributed by atoms with Gasteiger partial charge in [-0.25, -0.2) is 4.68 Å². The van der Waals surface area contributed by atoms with E-state index in [1.165, 1.54) is 23.9 Å². The minimum Gasteiger partial charge on any atom is -0.472 e. The Labute approximate surface area is 145 Å². The fourth-order valence-electron chi connectivity index (χ4n) is 2.12. The molecule has 126 valence electrons. The Morgan fingerprint density at radius 2 is 2.32 bits per heavy atom. The van der Waals surface area contributed by atoms with Gasteiger partial charge in [-0.1, -0.05) is 16.4 Å². The molecule has 0 bridgehead atoms. The van der Waals surface area contributed by atoms with Crippen LogP contribution in [-0.2, 0) is 6.54 Å². The molecule has 4 aromatic heterocycles. The Bertz CT molecular complexity index is 957. The van der Waals surface area contributed by atoms with E-state index in [-0.39, 0.29) is 5.91 Å². The van der Waals surface area contributed by atoms with Crippen LogP contribution in [-0.4, -0.2) is 37.6 Å². The average molecular weight is 356 g/mol. The van der Waals surface area contributed by atoms with Gasteiger partial charge in [-0.2, -0.15) is 4.98 Å². The molecule has 1 N–H and O–H groups in total. The van der Waals surface area contributed by atoms with Crippen LogP contribution in [0.25, 0.3) is 22.3 Å². The third-order valence-corrected chi connectivity index (χ3v) is 4.20. The highest BCUT2D eigenvalue weighted by Gasteiger charge is 2.14. The molecule has 1 amide bonds. The lowest BCUT2D eigenvalue weighted by atomic mass is 10.3. The van der Waals surface area contributed by atoms with Crippen LogP contribution >= 0.6 is 11.3 Å². The molecule has 25 heavy (non-hydrogen) atoms. The molecule has 0 aromatic carbocycles. The van der Waals surface area contributed by atoms with Gasteiger partial charge in [0.15, 0.2) is 5.69 Å². The van der Waals surface area contributed by atoms with E-state index in [0.717, 1.165) is 4.88 Å². The number of nitrogens with zero attached hydrogens (tertiary/aromatic N) is 5. The lowest BCUT2D eigenvalue weighted by Gasteiger charge is -2.02. The van der Waals surface area contributed by atoms with Crippen molar-refractivity contribution in [2.24, 2.45) is 0 Å². The van der Waals surface area contributed by atoms with Crippen LogP contribution < -0.4 is 5.32 Å². The summed E-state index contributed by atoms with van der Waals surface area (Å²) in [7, 11) is 0. The van der Waals surface area contributed by atoms with E-state index < -0.39 is 0 Å². The Balaban J connectivity index is 1.37. The van der Waals surface area contributed by atoms with E-state index in [2.05, 4.69) is 25.8 Å². The van der Waals surface area contributed by atoms with Gasteiger partial charge in [-0.3, -0.25) is 4.79 Å². The van der Waals surface area contributed by atoms with Gasteiger partial charge in [-0.15, -0.1) is 16.4 Å². The molecule has 0 saturated carbocycles. The van der Waals surface area contributed by atoms with Crippen LogP contribution in [0.1, 0.15) is 10.4 Å². The maximum atomic E-state index is 11.8. The molecule has 0 aliphatic heterocycles. The summed E-state index contributed by atoms with van der Waals surface area (Å²) in [5, 5.41) is 16.7. The number of carbonyl (C=O) groups is 1. The summed E-state index contributed by atoms with van der Waals surface area (Å²) in [5.74, 6) is 0.621. The zero-order chi connectivity index (χ0) is 17.1. The largest absolute Gasteiger partial charge is 0.472 e. The Kier molecular flexibility index (Phi) is 4.09. The molecule has 4 rings (SSSR count). The van der Waals surface area contributed by atoms with Crippen molar-refractivity contribution in [2.45, 2.75) is 6.54 Å². The number of amides is 1. The smallest absolute Gasteiger partial charge is 0.280 e. The molecule has 0 aliphatic rings. The number of furan rings is 1. The van der Waals surface area contributed by atoms with Gasteiger partial charge in [0.05, 0.1) is 29.4 Å². The van der Waals surface area contributed by atoms with E-state index in [0.29, 0.717) is 36.1 Å². The molecule has 0 unspecified atom stereocenters. The molecule has 4 heterocycles. The van der Waals surface area contributed by atoms with Crippen molar-refractivity contribution in [3.05, 3.63) is 47.9 Å². The summed E-state index contributed by atoms with van der Waals surface area (Å²) in [5.41, 5.74) is 0.961. The number of hydrogen-bond donors (Lipinski definition) is 1. The molecular weight excluding hydrogens is 344 g/mol. The third-order valence-electron chi connectivity index (χ3n) is 3.34. The van der Waals surface area contributed by atoms with E-state index in [4.69, 9.17) is 8.94 Å². The molecule has 4 aromatic rings. The molecular formula is C15H12N6O3S. The zero-order valence-corrected chi connectivity index (χ0v) is 13.6. The number of hydrogen-bond acceptors (Lipinski definition) is 8. The summed E-state index contributed by atoms with van der Waals surface area (Å²) in [6, 6.07) is 5.44.